The highest BCUT2D eigenvalue weighted by Crippen LogP contribution is 2.18. The number of nitrogens with one attached hydrogen (secondary N) is 1. The van der Waals surface area contributed by atoms with Crippen molar-refractivity contribution in [1.29, 1.82) is 0 Å². The molecule has 1 amide bonds. The minimum absolute atomic E-state index is 0.0350. The van der Waals surface area contributed by atoms with Gasteiger partial charge in [0.05, 0.1) is 23.7 Å². The molecule has 0 saturated carbocycles. The molecule has 0 aliphatic rings. The topological polar surface area (TPSA) is 50.2 Å². The molecule has 0 saturated heterocycles. The van der Waals surface area contributed by atoms with Crippen LogP contribution in [0.25, 0.3) is 0 Å². The fourth-order valence-electron chi connectivity index (χ4n) is 2.41. The molecule has 1 heterocycles. The molecule has 6 heteroatoms. The monoisotopic (exact) mass is 334 g/mol. The quantitative estimate of drug-likeness (QED) is 0.840. The molecule has 1 aromatic heterocycles. The maximum Gasteiger partial charge on any atom is 0.229 e. The maximum atomic E-state index is 12.3. The van der Waals surface area contributed by atoms with Crippen LogP contribution in [-0.4, -0.2) is 28.8 Å². The highest BCUT2D eigenvalue weighted by atomic mass is 35.5. The number of nitrogens with zero attached hydrogens (tertiary/aromatic N) is 3. The van der Waals surface area contributed by atoms with Gasteiger partial charge in [0.25, 0.3) is 0 Å². The second-order valence-electron chi connectivity index (χ2n) is 5.49. The summed E-state index contributed by atoms with van der Waals surface area (Å²) in [5.41, 5.74) is 1.96. The highest BCUT2D eigenvalue weighted by molar-refractivity contribution is 6.30. The number of benzene rings is 1. The van der Waals surface area contributed by atoms with Crippen LogP contribution < -0.4 is 10.2 Å². The van der Waals surface area contributed by atoms with Crippen molar-refractivity contribution in [2.45, 2.75) is 27.3 Å². The lowest BCUT2D eigenvalue weighted by Crippen LogP contribution is -2.25. The molecule has 1 atom stereocenters. The van der Waals surface area contributed by atoms with Gasteiger partial charge < -0.3 is 10.2 Å². The van der Waals surface area contributed by atoms with Crippen LogP contribution in [0.1, 0.15) is 20.8 Å². The smallest absolute Gasteiger partial charge is 0.229 e. The zero-order valence-electron chi connectivity index (χ0n) is 13.8. The number of amides is 1. The number of anilines is 2. The van der Waals surface area contributed by atoms with Gasteiger partial charge in [0.2, 0.25) is 5.91 Å². The van der Waals surface area contributed by atoms with E-state index >= 15 is 0 Å². The number of aromatic nitrogens is 2. The van der Waals surface area contributed by atoms with Crippen LogP contribution in [0.15, 0.2) is 36.7 Å². The summed E-state index contributed by atoms with van der Waals surface area (Å²) in [6.45, 7) is 8.55. The molecule has 0 aliphatic carbocycles. The zero-order valence-corrected chi connectivity index (χ0v) is 14.5. The molecule has 2 aromatic rings. The number of hydrogen-bond donors (Lipinski definition) is 1. The zero-order chi connectivity index (χ0) is 16.8. The lowest BCUT2D eigenvalue weighted by molar-refractivity contribution is -0.119. The lowest BCUT2D eigenvalue weighted by Gasteiger charge is -2.21. The average Bonchev–Trinajstić information content (AvgIpc) is 2.95. The molecule has 1 unspecified atom stereocenters. The third kappa shape index (κ3) is 4.73. The molecule has 0 spiro atoms. The summed E-state index contributed by atoms with van der Waals surface area (Å²) >= 11 is 5.83. The molecule has 0 bridgehead atoms. The van der Waals surface area contributed by atoms with Crippen molar-refractivity contribution in [2.24, 2.45) is 5.92 Å². The summed E-state index contributed by atoms with van der Waals surface area (Å²) in [6.07, 6.45) is 3.28. The van der Waals surface area contributed by atoms with E-state index in [1.54, 1.807) is 17.1 Å². The fourth-order valence-corrected chi connectivity index (χ4v) is 2.57. The van der Waals surface area contributed by atoms with Gasteiger partial charge in [-0.2, -0.15) is 5.10 Å². The highest BCUT2D eigenvalue weighted by Gasteiger charge is 2.14. The summed E-state index contributed by atoms with van der Waals surface area (Å²) in [5.74, 6) is -0.236. The summed E-state index contributed by atoms with van der Waals surface area (Å²) in [7, 11) is 0. The molecule has 124 valence electrons. The minimum Gasteiger partial charge on any atom is -0.372 e. The average molecular weight is 335 g/mol. The normalized spacial score (nSPS) is 12.0. The Kier molecular flexibility index (Phi) is 6.04. The van der Waals surface area contributed by atoms with Crippen molar-refractivity contribution >= 4 is 28.9 Å². The van der Waals surface area contributed by atoms with Gasteiger partial charge in [-0.25, -0.2) is 0 Å². The molecule has 23 heavy (non-hydrogen) atoms. The van der Waals surface area contributed by atoms with Crippen molar-refractivity contribution in [3.05, 3.63) is 41.7 Å². The lowest BCUT2D eigenvalue weighted by atomic mass is 10.1. The van der Waals surface area contributed by atoms with Gasteiger partial charge in [-0.05, 0) is 38.1 Å². The number of rotatable bonds is 7. The first-order valence-electron chi connectivity index (χ1n) is 7.87. The SMILES string of the molecule is CCN(CC)c1ccc(NC(=O)C(C)Cn2cc(Cl)cn2)cc1. The number of halogens is 1. The van der Waals surface area contributed by atoms with Gasteiger partial charge >= 0.3 is 0 Å². The van der Waals surface area contributed by atoms with E-state index in [-0.39, 0.29) is 11.8 Å². The Morgan fingerprint density at radius 1 is 1.30 bits per heavy atom. The van der Waals surface area contributed by atoms with Gasteiger partial charge in [-0.3, -0.25) is 9.48 Å². The van der Waals surface area contributed by atoms with Crippen molar-refractivity contribution in [3.8, 4) is 0 Å². The standard InChI is InChI=1S/C17H23ClN4O/c1-4-21(5-2)16-8-6-15(7-9-16)20-17(23)13(3)11-22-12-14(18)10-19-22/h6-10,12-13H,4-5,11H2,1-3H3,(H,20,23). The molecule has 1 N–H and O–H groups in total. The fraction of sp³-hybridized carbons (Fsp3) is 0.412. The third-order valence-corrected chi connectivity index (χ3v) is 3.97. The number of carbonyl (C=O) groups is 1. The van der Waals surface area contributed by atoms with Crippen molar-refractivity contribution in [3.63, 3.8) is 0 Å². The Hall–Kier alpha value is -2.01. The van der Waals surface area contributed by atoms with Crippen molar-refractivity contribution in [2.75, 3.05) is 23.3 Å². The summed E-state index contributed by atoms with van der Waals surface area (Å²) in [5, 5.41) is 7.61. The molecule has 1 aromatic carbocycles. The predicted octanol–water partition coefficient (Wildman–Crippen LogP) is 3.66. The number of hydrogen-bond acceptors (Lipinski definition) is 3. The van der Waals surface area contributed by atoms with E-state index in [2.05, 4.69) is 29.2 Å². The molecule has 5 nitrogen and oxygen atoms in total. The van der Waals surface area contributed by atoms with Gasteiger partial charge in [-0.15, -0.1) is 0 Å². The van der Waals surface area contributed by atoms with Crippen LogP contribution >= 0.6 is 11.6 Å². The molecule has 0 fully saturated rings. The Bertz CT molecular complexity index is 634. The molecule has 0 aliphatic heterocycles. The van der Waals surface area contributed by atoms with E-state index in [1.165, 1.54) is 0 Å². The summed E-state index contributed by atoms with van der Waals surface area (Å²) < 4.78 is 1.68. The van der Waals surface area contributed by atoms with E-state index < -0.39 is 0 Å². The second-order valence-corrected chi connectivity index (χ2v) is 5.93. The maximum absolute atomic E-state index is 12.3. The third-order valence-electron chi connectivity index (χ3n) is 3.77. The van der Waals surface area contributed by atoms with Gasteiger partial charge in [0.1, 0.15) is 0 Å². The molecular formula is C17H23ClN4O. The largest absolute Gasteiger partial charge is 0.372 e. The van der Waals surface area contributed by atoms with E-state index in [0.717, 1.165) is 24.5 Å². The summed E-state index contributed by atoms with van der Waals surface area (Å²) in [4.78, 5) is 14.5. The van der Waals surface area contributed by atoms with Crippen LogP contribution in [0.2, 0.25) is 5.02 Å². The first-order valence-corrected chi connectivity index (χ1v) is 8.25. The van der Waals surface area contributed by atoms with Gasteiger partial charge in [0.15, 0.2) is 0 Å². The van der Waals surface area contributed by atoms with Crippen LogP contribution in [0.3, 0.4) is 0 Å². The van der Waals surface area contributed by atoms with Crippen molar-refractivity contribution in [1.82, 2.24) is 9.78 Å². The summed E-state index contributed by atoms with van der Waals surface area (Å²) in [6, 6.07) is 7.92. The second kappa shape index (κ2) is 8.02. The van der Waals surface area contributed by atoms with Gasteiger partial charge in [0, 0.05) is 30.7 Å². The first-order chi connectivity index (χ1) is 11.0. The molecule has 2 rings (SSSR count). The minimum atomic E-state index is -0.201. The van der Waals surface area contributed by atoms with Crippen LogP contribution in [0, 0.1) is 5.92 Å². The van der Waals surface area contributed by atoms with Crippen molar-refractivity contribution < 1.29 is 4.79 Å². The molecular weight excluding hydrogens is 312 g/mol. The predicted molar refractivity (Wildman–Crippen MR) is 95.0 cm³/mol. The van der Waals surface area contributed by atoms with E-state index in [0.29, 0.717) is 11.6 Å². The first kappa shape index (κ1) is 17.3. The Balaban J connectivity index is 1.94. The Morgan fingerprint density at radius 2 is 1.96 bits per heavy atom. The molecule has 0 radical (unpaired) electrons. The number of carbonyl (C=O) groups excluding carboxylic acids is 1. The van der Waals surface area contributed by atoms with Crippen LogP contribution in [0.5, 0.6) is 0 Å². The van der Waals surface area contributed by atoms with Crippen LogP contribution in [0.4, 0.5) is 11.4 Å². The van der Waals surface area contributed by atoms with Gasteiger partial charge in [-0.1, -0.05) is 18.5 Å². The van der Waals surface area contributed by atoms with E-state index in [9.17, 15) is 4.79 Å². The van der Waals surface area contributed by atoms with E-state index in [4.69, 9.17) is 11.6 Å². The Morgan fingerprint density at radius 3 is 2.48 bits per heavy atom. The van der Waals surface area contributed by atoms with E-state index in [1.807, 2.05) is 31.2 Å². The Labute approximate surface area is 142 Å². The van der Waals surface area contributed by atoms with Crippen LogP contribution in [-0.2, 0) is 11.3 Å².